The number of benzene rings is 2. The molecule has 0 unspecified atom stereocenters. The third-order valence-corrected chi connectivity index (χ3v) is 4.36. The molecule has 0 amide bonds. The Morgan fingerprint density at radius 3 is 2.96 bits per heavy atom. The molecule has 4 aromatic rings. The molecule has 2 aromatic carbocycles. The summed E-state index contributed by atoms with van der Waals surface area (Å²) in [5.41, 5.74) is 2.82. The maximum atomic E-state index is 12.2. The first kappa shape index (κ1) is 15.5. The van der Waals surface area contributed by atoms with Gasteiger partial charge < -0.3 is 19.9 Å². The number of hydrogen-bond acceptors (Lipinski definition) is 5. The van der Waals surface area contributed by atoms with Crippen molar-refractivity contribution in [2.24, 2.45) is 0 Å². The highest BCUT2D eigenvalue weighted by Crippen LogP contribution is 2.31. The van der Waals surface area contributed by atoms with Gasteiger partial charge in [0.25, 0.3) is 5.56 Å². The van der Waals surface area contributed by atoms with Crippen LogP contribution in [-0.2, 0) is 6.54 Å². The van der Waals surface area contributed by atoms with Crippen LogP contribution in [0.1, 0.15) is 11.3 Å². The number of phenolic OH excluding ortho intramolecular Hbond substituents is 1. The Morgan fingerprint density at radius 1 is 1.28 bits per heavy atom. The maximum Gasteiger partial charge on any atom is 0.253 e. The fourth-order valence-electron chi connectivity index (χ4n) is 2.78. The van der Waals surface area contributed by atoms with Gasteiger partial charge in [-0.25, -0.2) is 0 Å². The van der Waals surface area contributed by atoms with Gasteiger partial charge in [0.05, 0.1) is 11.4 Å². The zero-order valence-electron chi connectivity index (χ0n) is 13.3. The Kier molecular flexibility index (Phi) is 3.62. The van der Waals surface area contributed by atoms with Crippen LogP contribution in [0.5, 0.6) is 5.75 Å². The van der Waals surface area contributed by atoms with E-state index in [4.69, 9.17) is 16.1 Å². The number of hydrogen-bond donors (Lipinski definition) is 3. The molecule has 0 spiro atoms. The molecule has 7 heteroatoms. The molecule has 2 heterocycles. The smallest absolute Gasteiger partial charge is 0.253 e. The van der Waals surface area contributed by atoms with Crippen molar-refractivity contribution in [1.29, 1.82) is 0 Å². The largest absolute Gasteiger partial charge is 0.506 e. The van der Waals surface area contributed by atoms with E-state index in [-0.39, 0.29) is 17.9 Å². The maximum absolute atomic E-state index is 12.2. The standard InChI is InChI=1S/C18H14ClN3O3/c1-9-13-6-15(16(23)7-17(13)25-22-9)20-8-11-4-10-5-12(19)2-3-14(10)21-18(11)24/h2-7,20,23H,8H2,1H3,(H,21,24). The summed E-state index contributed by atoms with van der Waals surface area (Å²) < 4.78 is 5.12. The van der Waals surface area contributed by atoms with Crippen molar-refractivity contribution >= 4 is 39.2 Å². The number of rotatable bonds is 3. The van der Waals surface area contributed by atoms with Gasteiger partial charge in [-0.05, 0) is 37.3 Å². The molecule has 0 atom stereocenters. The SMILES string of the molecule is Cc1noc2cc(O)c(NCc3cc4cc(Cl)ccc4[nH]c3=O)cc12. The minimum absolute atomic E-state index is 0.0314. The fourth-order valence-corrected chi connectivity index (χ4v) is 2.96. The zero-order valence-corrected chi connectivity index (χ0v) is 14.0. The lowest BCUT2D eigenvalue weighted by molar-refractivity contribution is 0.444. The second-order valence-corrected chi connectivity index (χ2v) is 6.28. The van der Waals surface area contributed by atoms with Gasteiger partial charge in [-0.1, -0.05) is 16.8 Å². The Labute approximate surface area is 147 Å². The van der Waals surface area contributed by atoms with Gasteiger partial charge in [0, 0.05) is 39.5 Å². The summed E-state index contributed by atoms with van der Waals surface area (Å²) in [6, 6.07) is 10.3. The number of nitrogens with one attached hydrogen (secondary N) is 2. The summed E-state index contributed by atoms with van der Waals surface area (Å²) in [5.74, 6) is 0.0314. The molecule has 3 N–H and O–H groups in total. The lowest BCUT2D eigenvalue weighted by Crippen LogP contribution is -2.15. The van der Waals surface area contributed by atoms with Crippen LogP contribution in [0.4, 0.5) is 5.69 Å². The molecule has 0 aliphatic rings. The Bertz CT molecular complexity index is 1160. The average Bonchev–Trinajstić information content (AvgIpc) is 2.93. The van der Waals surface area contributed by atoms with Gasteiger partial charge in [0.15, 0.2) is 5.58 Å². The van der Waals surface area contributed by atoms with E-state index in [0.29, 0.717) is 21.9 Å². The molecular formula is C18H14ClN3O3. The molecule has 0 aliphatic heterocycles. The van der Waals surface area contributed by atoms with Gasteiger partial charge in [-0.2, -0.15) is 0 Å². The Morgan fingerprint density at radius 2 is 2.12 bits per heavy atom. The molecule has 0 radical (unpaired) electrons. The Hall–Kier alpha value is -2.99. The van der Waals surface area contributed by atoms with Gasteiger partial charge >= 0.3 is 0 Å². The van der Waals surface area contributed by atoms with Crippen molar-refractivity contribution in [2.45, 2.75) is 13.5 Å². The van der Waals surface area contributed by atoms with Gasteiger partial charge in [-0.15, -0.1) is 0 Å². The van der Waals surface area contributed by atoms with Crippen molar-refractivity contribution in [3.05, 3.63) is 63.0 Å². The number of halogens is 1. The molecular weight excluding hydrogens is 342 g/mol. The summed E-state index contributed by atoms with van der Waals surface area (Å²) >= 11 is 6.01. The highest BCUT2D eigenvalue weighted by atomic mass is 35.5. The van der Waals surface area contributed by atoms with E-state index in [9.17, 15) is 9.90 Å². The van der Waals surface area contributed by atoms with Crippen molar-refractivity contribution < 1.29 is 9.63 Å². The first-order valence-electron chi connectivity index (χ1n) is 7.65. The molecule has 0 saturated heterocycles. The number of fused-ring (bicyclic) bond motifs is 2. The normalized spacial score (nSPS) is 11.3. The highest BCUT2D eigenvalue weighted by Gasteiger charge is 2.11. The minimum atomic E-state index is -0.191. The number of aromatic amines is 1. The van der Waals surface area contributed by atoms with E-state index >= 15 is 0 Å². The first-order valence-corrected chi connectivity index (χ1v) is 8.03. The van der Waals surface area contributed by atoms with Crippen LogP contribution in [-0.4, -0.2) is 15.2 Å². The average molecular weight is 356 g/mol. The number of phenols is 1. The van der Waals surface area contributed by atoms with Crippen LogP contribution >= 0.6 is 11.6 Å². The number of aromatic hydroxyl groups is 1. The molecule has 6 nitrogen and oxygen atoms in total. The van der Waals surface area contributed by atoms with Gasteiger partial charge in [0.2, 0.25) is 0 Å². The molecule has 2 aromatic heterocycles. The number of aromatic nitrogens is 2. The fraction of sp³-hybridized carbons (Fsp3) is 0.111. The van der Waals surface area contributed by atoms with Crippen molar-refractivity contribution in [1.82, 2.24) is 10.1 Å². The topological polar surface area (TPSA) is 91.2 Å². The van der Waals surface area contributed by atoms with Crippen molar-refractivity contribution in [3.63, 3.8) is 0 Å². The van der Waals surface area contributed by atoms with Crippen molar-refractivity contribution in [3.8, 4) is 5.75 Å². The van der Waals surface area contributed by atoms with E-state index in [1.54, 1.807) is 30.3 Å². The third kappa shape index (κ3) is 2.81. The van der Waals surface area contributed by atoms with Crippen LogP contribution in [0.25, 0.3) is 21.9 Å². The molecule has 4 rings (SSSR count). The number of pyridine rings is 1. The highest BCUT2D eigenvalue weighted by molar-refractivity contribution is 6.31. The zero-order chi connectivity index (χ0) is 17.6. The van der Waals surface area contributed by atoms with E-state index in [1.807, 2.05) is 6.92 Å². The van der Waals surface area contributed by atoms with Crippen LogP contribution in [0.3, 0.4) is 0 Å². The van der Waals surface area contributed by atoms with Crippen LogP contribution in [0.15, 0.2) is 45.7 Å². The molecule has 0 bridgehead atoms. The molecule has 0 aliphatic carbocycles. The predicted molar refractivity (Wildman–Crippen MR) is 97.3 cm³/mol. The van der Waals surface area contributed by atoms with E-state index in [0.717, 1.165) is 22.0 Å². The van der Waals surface area contributed by atoms with E-state index in [2.05, 4.69) is 15.5 Å². The number of H-pyrrole nitrogens is 1. The summed E-state index contributed by atoms with van der Waals surface area (Å²) in [4.78, 5) is 15.1. The number of nitrogens with zero attached hydrogens (tertiary/aromatic N) is 1. The van der Waals surface area contributed by atoms with Crippen molar-refractivity contribution in [2.75, 3.05) is 5.32 Å². The minimum Gasteiger partial charge on any atom is -0.506 e. The monoisotopic (exact) mass is 355 g/mol. The Balaban J connectivity index is 1.68. The summed E-state index contributed by atoms with van der Waals surface area (Å²) in [5, 5.41) is 19.3. The second kappa shape index (κ2) is 5.82. The second-order valence-electron chi connectivity index (χ2n) is 5.84. The summed E-state index contributed by atoms with van der Waals surface area (Å²) in [7, 11) is 0. The lowest BCUT2D eigenvalue weighted by atomic mass is 10.1. The third-order valence-electron chi connectivity index (χ3n) is 4.12. The summed E-state index contributed by atoms with van der Waals surface area (Å²) in [6.07, 6.45) is 0. The predicted octanol–water partition coefficient (Wildman–Crippen LogP) is 3.95. The molecule has 0 fully saturated rings. The van der Waals surface area contributed by atoms with Gasteiger partial charge in [-0.3, -0.25) is 4.79 Å². The van der Waals surface area contributed by atoms with Crippen LogP contribution in [0, 0.1) is 6.92 Å². The molecule has 0 saturated carbocycles. The first-order chi connectivity index (χ1) is 12.0. The number of anilines is 1. The molecule has 126 valence electrons. The van der Waals surface area contributed by atoms with E-state index in [1.165, 1.54) is 6.07 Å². The van der Waals surface area contributed by atoms with Crippen LogP contribution in [0.2, 0.25) is 5.02 Å². The summed E-state index contributed by atoms with van der Waals surface area (Å²) in [6.45, 7) is 2.08. The lowest BCUT2D eigenvalue weighted by Gasteiger charge is -2.09. The van der Waals surface area contributed by atoms with Crippen LogP contribution < -0.4 is 10.9 Å². The quantitative estimate of drug-likeness (QED) is 0.484. The van der Waals surface area contributed by atoms with Gasteiger partial charge in [0.1, 0.15) is 5.75 Å². The molecule has 25 heavy (non-hydrogen) atoms. The van der Waals surface area contributed by atoms with E-state index < -0.39 is 0 Å². The number of aryl methyl sites for hydroxylation is 1.